The molecule has 3 heterocycles. The molecule has 2 aromatic heterocycles. The highest BCUT2D eigenvalue weighted by Gasteiger charge is 2.31. The molecule has 1 atom stereocenters. The number of nitrogens with zero attached hydrogens (tertiary/aromatic N) is 2. The number of hydrogen-bond donors (Lipinski definition) is 0. The van der Waals surface area contributed by atoms with E-state index >= 15 is 0 Å². The zero-order valence-corrected chi connectivity index (χ0v) is 19.1. The van der Waals surface area contributed by atoms with Gasteiger partial charge in [-0.3, -0.25) is 4.79 Å². The molecule has 0 N–H and O–H groups in total. The summed E-state index contributed by atoms with van der Waals surface area (Å²) in [5.41, 5.74) is 4.64. The summed E-state index contributed by atoms with van der Waals surface area (Å²) in [6.07, 6.45) is 0.770. The Bertz CT molecular complexity index is 1300. The molecule has 1 aliphatic rings. The van der Waals surface area contributed by atoms with Crippen LogP contribution in [0.15, 0.2) is 60.0 Å². The monoisotopic (exact) mass is 444 g/mol. The number of rotatable bonds is 4. The van der Waals surface area contributed by atoms with Crippen molar-refractivity contribution in [2.75, 3.05) is 20.8 Å². The van der Waals surface area contributed by atoms with Crippen molar-refractivity contribution in [3.63, 3.8) is 0 Å². The lowest BCUT2D eigenvalue weighted by Gasteiger charge is -2.36. The van der Waals surface area contributed by atoms with Gasteiger partial charge >= 0.3 is 0 Å². The average Bonchev–Trinajstić information content (AvgIpc) is 3.37. The van der Waals surface area contributed by atoms with Crippen LogP contribution < -0.4 is 9.47 Å². The number of benzene rings is 2. The lowest BCUT2D eigenvalue weighted by molar-refractivity contribution is 0.0679. The van der Waals surface area contributed by atoms with Crippen LogP contribution in [-0.4, -0.2) is 36.6 Å². The molecule has 32 heavy (non-hydrogen) atoms. The van der Waals surface area contributed by atoms with Crippen LogP contribution in [0.25, 0.3) is 21.5 Å². The van der Waals surface area contributed by atoms with Crippen molar-refractivity contribution < 1.29 is 14.3 Å². The van der Waals surface area contributed by atoms with Gasteiger partial charge in [-0.25, -0.2) is 4.98 Å². The number of amides is 1. The number of carbonyl (C=O) groups is 1. The summed E-state index contributed by atoms with van der Waals surface area (Å²) in [5.74, 6) is 1.43. The molecular weight excluding hydrogens is 420 g/mol. The van der Waals surface area contributed by atoms with E-state index in [2.05, 4.69) is 6.92 Å². The predicted octanol–water partition coefficient (Wildman–Crippen LogP) is 5.74. The first-order chi connectivity index (χ1) is 15.6. The van der Waals surface area contributed by atoms with Gasteiger partial charge in [-0.1, -0.05) is 24.3 Å². The predicted molar refractivity (Wildman–Crippen MR) is 128 cm³/mol. The molecule has 0 fully saturated rings. The Hall–Kier alpha value is -3.38. The van der Waals surface area contributed by atoms with E-state index < -0.39 is 0 Å². The molecular formula is C26H24N2O3S. The highest BCUT2D eigenvalue weighted by atomic mass is 32.1. The minimum absolute atomic E-state index is 0.0225. The van der Waals surface area contributed by atoms with Crippen LogP contribution >= 0.6 is 11.3 Å². The van der Waals surface area contributed by atoms with Crippen molar-refractivity contribution in [1.82, 2.24) is 9.88 Å². The van der Waals surface area contributed by atoms with Crippen LogP contribution in [0.2, 0.25) is 0 Å². The molecule has 0 bridgehead atoms. The fourth-order valence-corrected chi connectivity index (χ4v) is 5.17. The second kappa shape index (κ2) is 8.28. The summed E-state index contributed by atoms with van der Waals surface area (Å²) >= 11 is 1.63. The van der Waals surface area contributed by atoms with E-state index in [1.165, 1.54) is 5.56 Å². The van der Waals surface area contributed by atoms with Crippen LogP contribution in [-0.2, 0) is 6.42 Å². The van der Waals surface area contributed by atoms with Gasteiger partial charge in [-0.15, -0.1) is 11.3 Å². The minimum Gasteiger partial charge on any atom is -0.493 e. The average molecular weight is 445 g/mol. The first-order valence-corrected chi connectivity index (χ1v) is 11.5. The Morgan fingerprint density at radius 3 is 2.59 bits per heavy atom. The molecule has 5 rings (SSSR count). The normalized spacial score (nSPS) is 15.5. The van der Waals surface area contributed by atoms with Gasteiger partial charge in [0.15, 0.2) is 11.5 Å². The first kappa shape index (κ1) is 20.5. The Labute approximate surface area is 191 Å². The molecule has 1 amide bonds. The van der Waals surface area contributed by atoms with Crippen molar-refractivity contribution in [3.05, 3.63) is 76.7 Å². The SMILES string of the molecule is COc1cc2c(cc1OC)C(C)N(C(=O)c1cc(-c3cccs3)nc3ccccc13)CC2. The van der Waals surface area contributed by atoms with Crippen molar-refractivity contribution in [2.24, 2.45) is 0 Å². The molecule has 2 aromatic carbocycles. The Balaban J connectivity index is 1.58. The number of ether oxygens (including phenoxy) is 2. The van der Waals surface area contributed by atoms with Gasteiger partial charge < -0.3 is 14.4 Å². The van der Waals surface area contributed by atoms with Crippen LogP contribution in [0.4, 0.5) is 0 Å². The molecule has 0 spiro atoms. The topological polar surface area (TPSA) is 51.7 Å². The van der Waals surface area contributed by atoms with Crippen molar-refractivity contribution >= 4 is 28.1 Å². The van der Waals surface area contributed by atoms with E-state index in [1.807, 2.05) is 64.9 Å². The van der Waals surface area contributed by atoms with Crippen LogP contribution in [0, 0.1) is 0 Å². The largest absolute Gasteiger partial charge is 0.493 e. The molecule has 162 valence electrons. The summed E-state index contributed by atoms with van der Waals surface area (Å²) < 4.78 is 11.0. The molecule has 1 aliphatic heterocycles. The smallest absolute Gasteiger partial charge is 0.255 e. The van der Waals surface area contributed by atoms with E-state index in [0.29, 0.717) is 17.9 Å². The third-order valence-electron chi connectivity index (χ3n) is 6.17. The number of methoxy groups -OCH3 is 2. The van der Waals surface area contributed by atoms with E-state index in [9.17, 15) is 4.79 Å². The Morgan fingerprint density at radius 1 is 1.06 bits per heavy atom. The molecule has 0 saturated heterocycles. The molecule has 0 saturated carbocycles. The summed E-state index contributed by atoms with van der Waals surface area (Å²) in [6, 6.07) is 17.8. The number of thiophene rings is 1. The quantitative estimate of drug-likeness (QED) is 0.403. The molecule has 5 nitrogen and oxygen atoms in total. The maximum absolute atomic E-state index is 13.9. The van der Waals surface area contributed by atoms with Crippen molar-refractivity contribution in [1.29, 1.82) is 0 Å². The van der Waals surface area contributed by atoms with Crippen LogP contribution in [0.5, 0.6) is 11.5 Å². The number of para-hydroxylation sites is 1. The maximum Gasteiger partial charge on any atom is 0.255 e. The molecule has 1 unspecified atom stereocenters. The van der Waals surface area contributed by atoms with E-state index in [0.717, 1.165) is 39.2 Å². The standard InChI is InChI=1S/C26H24N2O3S/c1-16-19-15-24(31-3)23(30-2)13-17(19)10-11-28(16)26(29)20-14-22(25-9-6-12-32-25)27-21-8-5-4-7-18(20)21/h4-9,12-16H,10-11H2,1-3H3. The molecule has 0 radical (unpaired) electrons. The molecule has 6 heteroatoms. The van der Waals surface area contributed by atoms with Gasteiger partial charge in [0.1, 0.15) is 0 Å². The number of fused-ring (bicyclic) bond motifs is 2. The van der Waals surface area contributed by atoms with Crippen LogP contribution in [0.1, 0.15) is 34.5 Å². The Kier molecular flexibility index (Phi) is 5.31. The van der Waals surface area contributed by atoms with Gasteiger partial charge in [-0.2, -0.15) is 0 Å². The zero-order valence-electron chi connectivity index (χ0n) is 18.3. The Morgan fingerprint density at radius 2 is 1.84 bits per heavy atom. The maximum atomic E-state index is 13.9. The first-order valence-electron chi connectivity index (χ1n) is 10.6. The fourth-order valence-electron chi connectivity index (χ4n) is 4.48. The summed E-state index contributed by atoms with van der Waals surface area (Å²) in [6.45, 7) is 2.72. The van der Waals surface area contributed by atoms with Crippen molar-refractivity contribution in [2.45, 2.75) is 19.4 Å². The third kappa shape index (κ3) is 3.41. The van der Waals surface area contributed by atoms with Crippen LogP contribution in [0.3, 0.4) is 0 Å². The van der Waals surface area contributed by atoms with Gasteiger partial charge in [0, 0.05) is 11.9 Å². The minimum atomic E-state index is -0.0804. The molecule has 0 aliphatic carbocycles. The molecule has 4 aromatic rings. The van der Waals surface area contributed by atoms with Gasteiger partial charge in [0.2, 0.25) is 0 Å². The van der Waals surface area contributed by atoms with Gasteiger partial charge in [0.25, 0.3) is 5.91 Å². The van der Waals surface area contributed by atoms with Gasteiger partial charge in [-0.05, 0) is 60.2 Å². The summed E-state index contributed by atoms with van der Waals surface area (Å²) in [4.78, 5) is 21.7. The fraction of sp³-hybridized carbons (Fsp3) is 0.231. The van der Waals surface area contributed by atoms with Gasteiger partial charge in [0.05, 0.1) is 41.9 Å². The van der Waals surface area contributed by atoms with E-state index in [1.54, 1.807) is 25.6 Å². The lowest BCUT2D eigenvalue weighted by Crippen LogP contribution is -2.39. The highest BCUT2D eigenvalue weighted by Crippen LogP contribution is 2.39. The zero-order chi connectivity index (χ0) is 22.2. The van der Waals surface area contributed by atoms with E-state index in [4.69, 9.17) is 14.5 Å². The highest BCUT2D eigenvalue weighted by molar-refractivity contribution is 7.13. The summed E-state index contributed by atoms with van der Waals surface area (Å²) in [7, 11) is 3.28. The lowest BCUT2D eigenvalue weighted by atomic mass is 9.92. The second-order valence-electron chi connectivity index (χ2n) is 7.88. The number of carbonyl (C=O) groups excluding carboxylic acids is 1. The summed E-state index contributed by atoms with van der Waals surface area (Å²) in [5, 5.41) is 2.90. The third-order valence-corrected chi connectivity index (χ3v) is 7.06. The number of aromatic nitrogens is 1. The second-order valence-corrected chi connectivity index (χ2v) is 8.83. The number of pyridine rings is 1. The van der Waals surface area contributed by atoms with Crippen molar-refractivity contribution in [3.8, 4) is 22.1 Å². The van der Waals surface area contributed by atoms with E-state index in [-0.39, 0.29) is 11.9 Å². The number of hydrogen-bond acceptors (Lipinski definition) is 5.